The van der Waals surface area contributed by atoms with Gasteiger partial charge < -0.3 is 20.9 Å². The number of hydrogen-bond donors (Lipinski definition) is 3. The number of carbonyl (C=O) groups excluding carboxylic acids is 2. The molecule has 0 unspecified atom stereocenters. The zero-order valence-corrected chi connectivity index (χ0v) is 19.7. The Morgan fingerprint density at radius 1 is 0.912 bits per heavy atom. The van der Waals surface area contributed by atoms with Gasteiger partial charge in [0.2, 0.25) is 0 Å². The first-order valence-electron chi connectivity index (χ1n) is 11.6. The van der Waals surface area contributed by atoms with Crippen molar-refractivity contribution in [3.05, 3.63) is 95.0 Å². The number of amides is 3. The van der Waals surface area contributed by atoms with Crippen LogP contribution in [0.3, 0.4) is 0 Å². The van der Waals surface area contributed by atoms with Crippen LogP contribution in [0.5, 0.6) is 0 Å². The maximum Gasteiger partial charge on any atom is 0.319 e. The normalized spacial score (nSPS) is 13.9. The Kier molecular flexibility index (Phi) is 8.04. The lowest BCUT2D eigenvalue weighted by Gasteiger charge is -2.34. The molecule has 3 aromatic carbocycles. The Labute approximate surface area is 205 Å². The Morgan fingerprint density at radius 2 is 1.65 bits per heavy atom. The van der Waals surface area contributed by atoms with E-state index in [2.05, 4.69) is 33.0 Å². The van der Waals surface area contributed by atoms with E-state index in [9.17, 15) is 9.59 Å². The van der Waals surface area contributed by atoms with Gasteiger partial charge in [0.15, 0.2) is 0 Å². The number of nitrogens with zero attached hydrogens (tertiary/aromatic N) is 1. The predicted molar refractivity (Wildman–Crippen MR) is 138 cm³/mol. The van der Waals surface area contributed by atoms with E-state index in [1.165, 1.54) is 5.56 Å². The van der Waals surface area contributed by atoms with Crippen LogP contribution in [-0.4, -0.2) is 37.6 Å². The lowest BCUT2D eigenvalue weighted by Crippen LogP contribution is -2.46. The third-order valence-electron chi connectivity index (χ3n) is 5.94. The second-order valence-corrected chi connectivity index (χ2v) is 8.82. The van der Waals surface area contributed by atoms with Gasteiger partial charge in [-0.25, -0.2) is 4.79 Å². The van der Waals surface area contributed by atoms with Crippen molar-refractivity contribution in [1.82, 2.24) is 10.6 Å². The van der Waals surface area contributed by atoms with E-state index in [1.807, 2.05) is 42.5 Å². The first-order chi connectivity index (χ1) is 16.6. The number of rotatable bonds is 7. The molecule has 0 radical (unpaired) electrons. The molecule has 34 heavy (non-hydrogen) atoms. The van der Waals surface area contributed by atoms with Crippen LogP contribution in [0, 0.1) is 0 Å². The molecule has 176 valence electrons. The second kappa shape index (κ2) is 11.6. The second-order valence-electron chi connectivity index (χ2n) is 8.38. The first kappa shape index (κ1) is 23.6. The summed E-state index contributed by atoms with van der Waals surface area (Å²) < 4.78 is 0. The predicted octanol–water partition coefficient (Wildman–Crippen LogP) is 5.10. The van der Waals surface area contributed by atoms with Crippen molar-refractivity contribution in [2.45, 2.75) is 25.3 Å². The third-order valence-corrected chi connectivity index (χ3v) is 6.18. The molecule has 1 aliphatic heterocycles. The minimum Gasteiger partial charge on any atom is -0.371 e. The first-order valence-corrected chi connectivity index (χ1v) is 12.0. The highest BCUT2D eigenvalue weighted by molar-refractivity contribution is 6.30. The van der Waals surface area contributed by atoms with E-state index in [0.717, 1.165) is 38.0 Å². The monoisotopic (exact) mass is 476 g/mol. The van der Waals surface area contributed by atoms with Gasteiger partial charge >= 0.3 is 6.03 Å². The highest BCUT2D eigenvalue weighted by Gasteiger charge is 2.23. The van der Waals surface area contributed by atoms with Crippen LogP contribution in [0.1, 0.15) is 28.8 Å². The fraction of sp³-hybridized carbons (Fsp3) is 0.259. The molecular weight excluding hydrogens is 448 g/mol. The van der Waals surface area contributed by atoms with Crippen molar-refractivity contribution in [3.8, 4) is 0 Å². The quantitative estimate of drug-likeness (QED) is 0.444. The largest absolute Gasteiger partial charge is 0.371 e. The molecule has 3 amide bonds. The number of para-hydroxylation sites is 1. The number of urea groups is 1. The van der Waals surface area contributed by atoms with Gasteiger partial charge in [-0.1, -0.05) is 60.1 Å². The maximum atomic E-state index is 12.9. The van der Waals surface area contributed by atoms with Crippen LogP contribution in [0.2, 0.25) is 5.02 Å². The van der Waals surface area contributed by atoms with Crippen LogP contribution in [-0.2, 0) is 6.42 Å². The summed E-state index contributed by atoms with van der Waals surface area (Å²) in [7, 11) is 0. The van der Waals surface area contributed by atoms with E-state index in [4.69, 9.17) is 11.6 Å². The number of carbonyl (C=O) groups is 2. The number of hydrogen-bond acceptors (Lipinski definition) is 3. The molecule has 4 rings (SSSR count). The molecule has 7 heteroatoms. The summed E-state index contributed by atoms with van der Waals surface area (Å²) in [6, 6.07) is 24.8. The summed E-state index contributed by atoms with van der Waals surface area (Å²) in [5, 5.41) is 9.49. The summed E-state index contributed by atoms with van der Waals surface area (Å²) in [5.74, 6) is -0.0623. The van der Waals surface area contributed by atoms with E-state index >= 15 is 0 Å². The molecular formula is C27H29ClN4O2. The molecule has 1 fully saturated rings. The van der Waals surface area contributed by atoms with Crippen molar-refractivity contribution in [1.29, 1.82) is 0 Å². The summed E-state index contributed by atoms with van der Waals surface area (Å²) in [5.41, 5.74) is 3.47. The van der Waals surface area contributed by atoms with E-state index < -0.39 is 0 Å². The van der Waals surface area contributed by atoms with Crippen molar-refractivity contribution < 1.29 is 9.59 Å². The number of piperidine rings is 1. The number of anilines is 2. The molecule has 1 aliphatic rings. The average Bonchev–Trinajstić information content (AvgIpc) is 2.85. The Morgan fingerprint density at radius 3 is 2.41 bits per heavy atom. The van der Waals surface area contributed by atoms with Crippen LogP contribution in [0.4, 0.5) is 16.2 Å². The van der Waals surface area contributed by atoms with Gasteiger partial charge in [-0.15, -0.1) is 0 Å². The SMILES string of the molecule is O=C(Nc1cccc(Cl)c1)NC1CCN(c2ccccc2C(=O)NCCc2ccccc2)CC1. The molecule has 3 aromatic rings. The Hall–Kier alpha value is -3.51. The van der Waals surface area contributed by atoms with Gasteiger partial charge in [0.25, 0.3) is 5.91 Å². The minimum atomic E-state index is -0.237. The highest BCUT2D eigenvalue weighted by Crippen LogP contribution is 2.24. The fourth-order valence-corrected chi connectivity index (χ4v) is 4.38. The summed E-state index contributed by atoms with van der Waals surface area (Å²) in [6.45, 7) is 2.11. The van der Waals surface area contributed by atoms with Crippen LogP contribution < -0.4 is 20.9 Å². The molecule has 1 heterocycles. The Bertz CT molecular complexity index is 1110. The molecule has 6 nitrogen and oxygen atoms in total. The van der Waals surface area contributed by atoms with Crippen LogP contribution in [0.25, 0.3) is 0 Å². The van der Waals surface area contributed by atoms with Gasteiger partial charge in [-0.3, -0.25) is 4.79 Å². The van der Waals surface area contributed by atoms with Gasteiger partial charge in [0.1, 0.15) is 0 Å². The lowest BCUT2D eigenvalue weighted by molar-refractivity contribution is 0.0954. The summed E-state index contributed by atoms with van der Waals surface area (Å²) >= 11 is 5.98. The number of halogens is 1. The molecule has 0 aliphatic carbocycles. The number of nitrogens with one attached hydrogen (secondary N) is 3. The summed E-state index contributed by atoms with van der Waals surface area (Å²) in [4.78, 5) is 27.5. The zero-order chi connectivity index (χ0) is 23.8. The van der Waals surface area contributed by atoms with Crippen LogP contribution >= 0.6 is 11.6 Å². The van der Waals surface area contributed by atoms with E-state index in [-0.39, 0.29) is 18.0 Å². The van der Waals surface area contributed by atoms with Crippen LogP contribution in [0.15, 0.2) is 78.9 Å². The van der Waals surface area contributed by atoms with Crippen molar-refractivity contribution in [3.63, 3.8) is 0 Å². The topological polar surface area (TPSA) is 73.5 Å². The molecule has 0 spiro atoms. The fourth-order valence-electron chi connectivity index (χ4n) is 4.19. The third kappa shape index (κ3) is 6.51. The smallest absolute Gasteiger partial charge is 0.319 e. The van der Waals surface area contributed by atoms with E-state index in [1.54, 1.807) is 24.3 Å². The summed E-state index contributed by atoms with van der Waals surface area (Å²) in [6.07, 6.45) is 2.39. The van der Waals surface area contributed by atoms with Crippen molar-refractivity contribution in [2.75, 3.05) is 29.9 Å². The highest BCUT2D eigenvalue weighted by atomic mass is 35.5. The lowest BCUT2D eigenvalue weighted by atomic mass is 10.0. The molecule has 0 aromatic heterocycles. The van der Waals surface area contributed by atoms with Crippen molar-refractivity contribution >= 4 is 34.9 Å². The standard InChI is InChI=1S/C27H29ClN4O2/c28-21-9-6-10-23(19-21)31-27(34)30-22-14-17-32(18-15-22)25-12-5-4-11-24(25)26(33)29-16-13-20-7-2-1-3-8-20/h1-12,19,22H,13-18H2,(H,29,33)(H2,30,31,34). The molecule has 3 N–H and O–H groups in total. The molecule has 0 atom stereocenters. The van der Waals surface area contributed by atoms with Crippen molar-refractivity contribution in [2.24, 2.45) is 0 Å². The van der Waals surface area contributed by atoms with Gasteiger partial charge in [0.05, 0.1) is 5.56 Å². The molecule has 1 saturated heterocycles. The van der Waals surface area contributed by atoms with Gasteiger partial charge in [-0.2, -0.15) is 0 Å². The number of benzene rings is 3. The maximum absolute atomic E-state index is 12.9. The minimum absolute atomic E-state index is 0.0623. The molecule has 0 saturated carbocycles. The van der Waals surface area contributed by atoms with E-state index in [0.29, 0.717) is 22.8 Å². The van der Waals surface area contributed by atoms with Gasteiger partial charge in [-0.05, 0) is 55.2 Å². The Balaban J connectivity index is 1.28. The molecule has 0 bridgehead atoms. The zero-order valence-electron chi connectivity index (χ0n) is 19.0. The average molecular weight is 477 g/mol. The van der Waals surface area contributed by atoms with Gasteiger partial charge in [0, 0.05) is 42.1 Å².